The third-order valence-corrected chi connectivity index (χ3v) is 3.00. The fraction of sp³-hybridized carbons (Fsp3) is 0.700. The Morgan fingerprint density at radius 2 is 2.06 bits per heavy atom. The molecular formula is C10H18Cl2N4. The molecule has 0 aromatic carbocycles. The molecule has 92 valence electrons. The second kappa shape index (κ2) is 6.45. The van der Waals surface area contributed by atoms with Gasteiger partial charge in [0, 0.05) is 13.6 Å². The molecule has 0 saturated carbocycles. The van der Waals surface area contributed by atoms with E-state index in [1.807, 2.05) is 7.05 Å². The Hall–Kier alpha value is -0.290. The number of rotatable bonds is 6. The summed E-state index contributed by atoms with van der Waals surface area (Å²) in [7, 11) is 5.99. The highest BCUT2D eigenvalue weighted by Crippen LogP contribution is 2.18. The number of halogens is 2. The van der Waals surface area contributed by atoms with Gasteiger partial charge in [-0.2, -0.15) is 0 Å². The SMILES string of the molecule is CN(C)CCCNCc1c(Cl)nc(Cl)n1C. The van der Waals surface area contributed by atoms with E-state index >= 15 is 0 Å². The molecule has 0 aliphatic heterocycles. The van der Waals surface area contributed by atoms with Crippen LogP contribution in [-0.2, 0) is 13.6 Å². The molecule has 0 amide bonds. The van der Waals surface area contributed by atoms with Crippen LogP contribution in [0.1, 0.15) is 12.1 Å². The summed E-state index contributed by atoms with van der Waals surface area (Å²) in [5.41, 5.74) is 0.927. The van der Waals surface area contributed by atoms with E-state index in [4.69, 9.17) is 23.2 Å². The van der Waals surface area contributed by atoms with Crippen molar-refractivity contribution in [2.24, 2.45) is 7.05 Å². The highest BCUT2D eigenvalue weighted by atomic mass is 35.5. The molecule has 0 unspecified atom stereocenters. The van der Waals surface area contributed by atoms with Crippen molar-refractivity contribution in [1.29, 1.82) is 0 Å². The molecule has 16 heavy (non-hydrogen) atoms. The first-order chi connectivity index (χ1) is 7.52. The summed E-state index contributed by atoms with van der Waals surface area (Å²) in [6, 6.07) is 0. The molecule has 0 fully saturated rings. The van der Waals surface area contributed by atoms with Crippen molar-refractivity contribution < 1.29 is 0 Å². The Morgan fingerprint density at radius 1 is 1.38 bits per heavy atom. The maximum absolute atomic E-state index is 5.95. The third-order valence-electron chi connectivity index (χ3n) is 2.36. The molecule has 6 heteroatoms. The van der Waals surface area contributed by atoms with Gasteiger partial charge in [-0.05, 0) is 45.2 Å². The summed E-state index contributed by atoms with van der Waals surface area (Å²) in [4.78, 5) is 6.15. The lowest BCUT2D eigenvalue weighted by Crippen LogP contribution is -2.22. The number of hydrogen-bond acceptors (Lipinski definition) is 3. The molecule has 0 radical (unpaired) electrons. The van der Waals surface area contributed by atoms with Crippen LogP contribution in [0.4, 0.5) is 0 Å². The predicted octanol–water partition coefficient (Wildman–Crippen LogP) is 1.77. The quantitative estimate of drug-likeness (QED) is 0.796. The molecule has 0 spiro atoms. The van der Waals surface area contributed by atoms with Crippen LogP contribution in [0.3, 0.4) is 0 Å². The van der Waals surface area contributed by atoms with Crippen LogP contribution < -0.4 is 5.32 Å². The van der Waals surface area contributed by atoms with Gasteiger partial charge in [-0.25, -0.2) is 4.98 Å². The smallest absolute Gasteiger partial charge is 0.204 e. The lowest BCUT2D eigenvalue weighted by Gasteiger charge is -2.10. The van der Waals surface area contributed by atoms with Crippen molar-refractivity contribution in [2.75, 3.05) is 27.2 Å². The van der Waals surface area contributed by atoms with Gasteiger partial charge in [0.05, 0.1) is 5.69 Å². The topological polar surface area (TPSA) is 33.1 Å². The molecule has 1 rings (SSSR count). The van der Waals surface area contributed by atoms with Crippen molar-refractivity contribution in [1.82, 2.24) is 19.8 Å². The van der Waals surface area contributed by atoms with E-state index in [1.165, 1.54) is 0 Å². The number of nitrogens with zero attached hydrogens (tertiary/aromatic N) is 3. The summed E-state index contributed by atoms with van der Waals surface area (Å²) in [5.74, 6) is 0. The summed E-state index contributed by atoms with van der Waals surface area (Å²) < 4.78 is 1.79. The molecule has 1 aromatic heterocycles. The highest BCUT2D eigenvalue weighted by Gasteiger charge is 2.10. The zero-order valence-corrected chi connectivity index (χ0v) is 11.4. The Balaban J connectivity index is 2.32. The molecule has 1 aromatic rings. The molecule has 0 bridgehead atoms. The normalized spacial score (nSPS) is 11.4. The molecule has 0 aliphatic carbocycles. The van der Waals surface area contributed by atoms with Crippen LogP contribution in [0.5, 0.6) is 0 Å². The maximum atomic E-state index is 5.95. The summed E-state index contributed by atoms with van der Waals surface area (Å²) in [6.45, 7) is 2.73. The van der Waals surface area contributed by atoms with Gasteiger partial charge >= 0.3 is 0 Å². The fourth-order valence-corrected chi connectivity index (χ4v) is 1.89. The van der Waals surface area contributed by atoms with E-state index in [1.54, 1.807) is 4.57 Å². The van der Waals surface area contributed by atoms with Crippen molar-refractivity contribution in [3.8, 4) is 0 Å². The van der Waals surface area contributed by atoms with Crippen molar-refractivity contribution in [3.63, 3.8) is 0 Å². The van der Waals surface area contributed by atoms with E-state index in [9.17, 15) is 0 Å². The van der Waals surface area contributed by atoms with Crippen molar-refractivity contribution in [3.05, 3.63) is 16.1 Å². The first-order valence-corrected chi connectivity index (χ1v) is 6.00. The van der Waals surface area contributed by atoms with Gasteiger partial charge in [0.25, 0.3) is 0 Å². The zero-order valence-electron chi connectivity index (χ0n) is 9.93. The highest BCUT2D eigenvalue weighted by molar-refractivity contribution is 6.32. The van der Waals surface area contributed by atoms with Crippen molar-refractivity contribution >= 4 is 23.2 Å². The molecule has 4 nitrogen and oxygen atoms in total. The minimum atomic E-state index is 0.426. The van der Waals surface area contributed by atoms with Crippen LogP contribution in [0.2, 0.25) is 10.4 Å². The first-order valence-electron chi connectivity index (χ1n) is 5.24. The van der Waals surface area contributed by atoms with E-state index in [2.05, 4.69) is 29.3 Å². The number of nitrogens with one attached hydrogen (secondary N) is 1. The Morgan fingerprint density at radius 3 is 2.56 bits per heavy atom. The lowest BCUT2D eigenvalue weighted by molar-refractivity contribution is 0.394. The third kappa shape index (κ3) is 3.94. The Kier molecular flexibility index (Phi) is 5.55. The second-order valence-corrected chi connectivity index (χ2v) is 4.71. The predicted molar refractivity (Wildman–Crippen MR) is 68.1 cm³/mol. The van der Waals surface area contributed by atoms with Gasteiger partial charge in [0.2, 0.25) is 5.28 Å². The van der Waals surface area contributed by atoms with E-state index < -0.39 is 0 Å². The van der Waals surface area contributed by atoms with Crippen LogP contribution in [0.25, 0.3) is 0 Å². The Labute approximate surface area is 107 Å². The lowest BCUT2D eigenvalue weighted by atomic mass is 10.4. The minimum absolute atomic E-state index is 0.426. The fourth-order valence-electron chi connectivity index (χ4n) is 1.39. The Bertz CT molecular complexity index is 336. The largest absolute Gasteiger partial charge is 0.319 e. The van der Waals surface area contributed by atoms with Gasteiger partial charge in [0.1, 0.15) is 0 Å². The molecule has 1 heterocycles. The van der Waals surface area contributed by atoms with Gasteiger partial charge in [-0.15, -0.1) is 0 Å². The van der Waals surface area contributed by atoms with Crippen LogP contribution in [0.15, 0.2) is 0 Å². The molecular weight excluding hydrogens is 247 g/mol. The van der Waals surface area contributed by atoms with E-state index in [0.717, 1.165) is 25.2 Å². The molecule has 1 N–H and O–H groups in total. The summed E-state index contributed by atoms with van der Waals surface area (Å²) in [6.07, 6.45) is 1.11. The molecule has 0 aliphatic rings. The summed E-state index contributed by atoms with van der Waals surface area (Å²) in [5, 5.41) is 4.23. The monoisotopic (exact) mass is 264 g/mol. The van der Waals surface area contributed by atoms with Crippen LogP contribution >= 0.6 is 23.2 Å². The zero-order chi connectivity index (χ0) is 12.1. The van der Waals surface area contributed by atoms with Gasteiger partial charge < -0.3 is 14.8 Å². The first kappa shape index (κ1) is 13.8. The van der Waals surface area contributed by atoms with Crippen LogP contribution in [0, 0.1) is 0 Å². The minimum Gasteiger partial charge on any atom is -0.319 e. The van der Waals surface area contributed by atoms with Crippen molar-refractivity contribution in [2.45, 2.75) is 13.0 Å². The van der Waals surface area contributed by atoms with Gasteiger partial charge in [-0.1, -0.05) is 11.6 Å². The number of aromatic nitrogens is 2. The molecule has 0 saturated heterocycles. The van der Waals surface area contributed by atoms with Crippen LogP contribution in [-0.4, -0.2) is 41.6 Å². The second-order valence-electron chi connectivity index (χ2n) is 4.01. The van der Waals surface area contributed by atoms with Gasteiger partial charge in [-0.3, -0.25) is 0 Å². The number of imidazole rings is 1. The van der Waals surface area contributed by atoms with E-state index in [-0.39, 0.29) is 0 Å². The average molecular weight is 265 g/mol. The molecule has 0 atom stereocenters. The number of hydrogen-bond donors (Lipinski definition) is 1. The standard InChI is InChI=1S/C10H18Cl2N4/c1-15(2)6-4-5-13-7-8-9(11)14-10(12)16(8)3/h13H,4-7H2,1-3H3. The van der Waals surface area contributed by atoms with Gasteiger partial charge in [0.15, 0.2) is 5.15 Å². The summed E-state index contributed by atoms with van der Waals surface area (Å²) >= 11 is 11.8. The van der Waals surface area contributed by atoms with E-state index in [0.29, 0.717) is 17.0 Å². The average Bonchev–Trinajstić information content (AvgIpc) is 2.43. The maximum Gasteiger partial charge on any atom is 0.204 e.